The van der Waals surface area contributed by atoms with Crippen molar-refractivity contribution in [3.8, 4) is 0 Å². The predicted molar refractivity (Wildman–Crippen MR) is 85.7 cm³/mol. The number of nitrogens with two attached hydrogens (primary N) is 1. The second-order valence-electron chi connectivity index (χ2n) is 5.05. The summed E-state index contributed by atoms with van der Waals surface area (Å²) in [4.78, 5) is 23.6. The summed E-state index contributed by atoms with van der Waals surface area (Å²) in [5.74, 6) is -0.969. The van der Waals surface area contributed by atoms with Crippen LogP contribution >= 0.6 is 0 Å². The van der Waals surface area contributed by atoms with E-state index in [0.717, 1.165) is 11.1 Å². The van der Waals surface area contributed by atoms with E-state index in [9.17, 15) is 9.59 Å². The highest BCUT2D eigenvalue weighted by Crippen LogP contribution is 2.14. The Hall–Kier alpha value is -2.82. The van der Waals surface area contributed by atoms with Crippen molar-refractivity contribution in [2.24, 2.45) is 0 Å². The molecule has 3 N–H and O–H groups in total. The van der Waals surface area contributed by atoms with Crippen molar-refractivity contribution < 1.29 is 14.3 Å². The van der Waals surface area contributed by atoms with E-state index < -0.39 is 5.97 Å². The third-order valence-corrected chi connectivity index (χ3v) is 3.25. The molecule has 0 saturated heterocycles. The number of hydrogen-bond donors (Lipinski definition) is 2. The Morgan fingerprint density at radius 3 is 2.55 bits per heavy atom. The third-order valence-electron chi connectivity index (χ3n) is 3.25. The van der Waals surface area contributed by atoms with Gasteiger partial charge in [-0.3, -0.25) is 4.79 Å². The van der Waals surface area contributed by atoms with Crippen molar-refractivity contribution in [3.63, 3.8) is 0 Å². The average Bonchev–Trinajstić information content (AvgIpc) is 2.48. The largest absolute Gasteiger partial charge is 0.452 e. The quantitative estimate of drug-likeness (QED) is 0.671. The molecule has 0 bridgehead atoms. The van der Waals surface area contributed by atoms with Crippen molar-refractivity contribution in [2.75, 3.05) is 17.7 Å². The Bertz CT molecular complexity index is 711. The average molecular weight is 298 g/mol. The number of aryl methyl sites for hydroxylation is 2. The summed E-state index contributed by atoms with van der Waals surface area (Å²) in [5, 5.41) is 2.69. The van der Waals surface area contributed by atoms with Gasteiger partial charge in [0.2, 0.25) is 0 Å². The molecule has 0 aliphatic heterocycles. The molecular formula is C17H18N2O3. The molecule has 0 unspecified atom stereocenters. The summed E-state index contributed by atoms with van der Waals surface area (Å²) in [6, 6.07) is 12.0. The fraction of sp³-hybridized carbons (Fsp3) is 0.176. The summed E-state index contributed by atoms with van der Waals surface area (Å²) < 4.78 is 4.96. The lowest BCUT2D eigenvalue weighted by Crippen LogP contribution is -2.21. The smallest absolute Gasteiger partial charge is 0.338 e. The highest BCUT2D eigenvalue weighted by Gasteiger charge is 2.10. The van der Waals surface area contributed by atoms with E-state index in [0.29, 0.717) is 16.9 Å². The van der Waals surface area contributed by atoms with Crippen molar-refractivity contribution in [3.05, 3.63) is 59.2 Å². The highest BCUT2D eigenvalue weighted by molar-refractivity contribution is 5.95. The van der Waals surface area contributed by atoms with E-state index in [-0.39, 0.29) is 12.5 Å². The number of benzene rings is 2. The molecular weight excluding hydrogens is 280 g/mol. The molecule has 0 radical (unpaired) electrons. The number of hydrogen-bond acceptors (Lipinski definition) is 4. The number of nitrogen functional groups attached to an aromatic ring is 1. The van der Waals surface area contributed by atoms with Gasteiger partial charge in [0.05, 0.1) is 5.56 Å². The zero-order valence-electron chi connectivity index (χ0n) is 12.6. The number of nitrogens with one attached hydrogen (secondary N) is 1. The standard InChI is InChI=1S/C17H18N2O3/c1-11-6-7-15(8-12(11)2)19-16(20)10-22-17(21)13-4-3-5-14(18)9-13/h3-9H,10,18H2,1-2H3,(H,19,20). The second-order valence-corrected chi connectivity index (χ2v) is 5.05. The van der Waals surface area contributed by atoms with Gasteiger partial charge >= 0.3 is 5.97 Å². The first-order valence-corrected chi connectivity index (χ1v) is 6.85. The van der Waals surface area contributed by atoms with Gasteiger partial charge in [0.15, 0.2) is 6.61 Å². The molecule has 2 aromatic rings. The van der Waals surface area contributed by atoms with Crippen LogP contribution < -0.4 is 11.1 Å². The minimum atomic E-state index is -0.581. The van der Waals surface area contributed by atoms with Crippen molar-refractivity contribution >= 4 is 23.3 Å². The lowest BCUT2D eigenvalue weighted by atomic mass is 10.1. The van der Waals surface area contributed by atoms with E-state index in [2.05, 4.69) is 5.32 Å². The maximum atomic E-state index is 11.8. The fourth-order valence-corrected chi connectivity index (χ4v) is 1.90. The van der Waals surface area contributed by atoms with Crippen molar-refractivity contribution in [2.45, 2.75) is 13.8 Å². The van der Waals surface area contributed by atoms with Crippen LogP contribution in [0, 0.1) is 13.8 Å². The molecule has 1 amide bonds. The van der Waals surface area contributed by atoms with Crippen LogP contribution in [0.15, 0.2) is 42.5 Å². The van der Waals surface area contributed by atoms with Gasteiger partial charge in [-0.25, -0.2) is 4.79 Å². The van der Waals surface area contributed by atoms with Crippen LogP contribution in [0.3, 0.4) is 0 Å². The molecule has 22 heavy (non-hydrogen) atoms. The minimum absolute atomic E-state index is 0.319. The Morgan fingerprint density at radius 2 is 1.86 bits per heavy atom. The normalized spacial score (nSPS) is 10.1. The van der Waals surface area contributed by atoms with Gasteiger partial charge in [0.25, 0.3) is 5.91 Å². The predicted octanol–water partition coefficient (Wildman–Crippen LogP) is 2.68. The van der Waals surface area contributed by atoms with E-state index in [1.165, 1.54) is 6.07 Å². The van der Waals surface area contributed by atoms with Crippen LogP contribution in [-0.2, 0) is 9.53 Å². The lowest BCUT2D eigenvalue weighted by Gasteiger charge is -2.08. The lowest BCUT2D eigenvalue weighted by molar-refractivity contribution is -0.119. The molecule has 0 fully saturated rings. The van der Waals surface area contributed by atoms with Crippen LogP contribution in [0.2, 0.25) is 0 Å². The van der Waals surface area contributed by atoms with Gasteiger partial charge in [-0.15, -0.1) is 0 Å². The van der Waals surface area contributed by atoms with Gasteiger partial charge in [0.1, 0.15) is 0 Å². The molecule has 0 atom stereocenters. The number of carbonyl (C=O) groups excluding carboxylic acids is 2. The SMILES string of the molecule is Cc1ccc(NC(=O)COC(=O)c2cccc(N)c2)cc1C. The molecule has 0 spiro atoms. The molecule has 114 valence electrons. The molecule has 0 aliphatic rings. The first kappa shape index (κ1) is 15.6. The van der Waals surface area contributed by atoms with Crippen LogP contribution in [0.5, 0.6) is 0 Å². The molecule has 0 aromatic heterocycles. The maximum Gasteiger partial charge on any atom is 0.338 e. The number of esters is 1. The number of ether oxygens (including phenoxy) is 1. The van der Waals surface area contributed by atoms with E-state index in [4.69, 9.17) is 10.5 Å². The van der Waals surface area contributed by atoms with Crippen molar-refractivity contribution in [1.82, 2.24) is 0 Å². The number of anilines is 2. The van der Waals surface area contributed by atoms with Gasteiger partial charge < -0.3 is 15.8 Å². The van der Waals surface area contributed by atoms with Crippen LogP contribution in [0.4, 0.5) is 11.4 Å². The van der Waals surface area contributed by atoms with E-state index in [1.807, 2.05) is 26.0 Å². The van der Waals surface area contributed by atoms with Crippen LogP contribution in [0.25, 0.3) is 0 Å². The molecule has 5 heteroatoms. The summed E-state index contributed by atoms with van der Waals surface area (Å²) >= 11 is 0. The summed E-state index contributed by atoms with van der Waals surface area (Å²) in [7, 11) is 0. The molecule has 0 aliphatic carbocycles. The molecule has 0 heterocycles. The Kier molecular flexibility index (Phi) is 4.78. The van der Waals surface area contributed by atoms with Crippen LogP contribution in [0.1, 0.15) is 21.5 Å². The molecule has 0 saturated carbocycles. The monoisotopic (exact) mass is 298 g/mol. The maximum absolute atomic E-state index is 11.8. The fourth-order valence-electron chi connectivity index (χ4n) is 1.90. The number of amides is 1. The second kappa shape index (κ2) is 6.76. The minimum Gasteiger partial charge on any atom is -0.452 e. The zero-order valence-corrected chi connectivity index (χ0v) is 12.6. The Balaban J connectivity index is 1.90. The third kappa shape index (κ3) is 4.09. The number of rotatable bonds is 4. The van der Waals surface area contributed by atoms with E-state index >= 15 is 0 Å². The highest BCUT2D eigenvalue weighted by atomic mass is 16.5. The topological polar surface area (TPSA) is 81.4 Å². The number of carbonyl (C=O) groups is 2. The van der Waals surface area contributed by atoms with Gasteiger partial charge in [-0.2, -0.15) is 0 Å². The Labute approximate surface area is 129 Å². The van der Waals surface area contributed by atoms with Gasteiger partial charge in [-0.05, 0) is 55.3 Å². The first-order valence-electron chi connectivity index (χ1n) is 6.85. The Morgan fingerprint density at radius 1 is 1.09 bits per heavy atom. The van der Waals surface area contributed by atoms with Crippen LogP contribution in [-0.4, -0.2) is 18.5 Å². The summed E-state index contributed by atoms with van der Waals surface area (Å²) in [6.07, 6.45) is 0. The van der Waals surface area contributed by atoms with Gasteiger partial charge in [0, 0.05) is 11.4 Å². The van der Waals surface area contributed by atoms with E-state index in [1.54, 1.807) is 24.3 Å². The first-order chi connectivity index (χ1) is 10.5. The molecule has 5 nitrogen and oxygen atoms in total. The summed E-state index contributed by atoms with van der Waals surface area (Å²) in [5.41, 5.74) is 9.28. The van der Waals surface area contributed by atoms with Gasteiger partial charge in [-0.1, -0.05) is 12.1 Å². The zero-order chi connectivity index (χ0) is 16.1. The molecule has 2 aromatic carbocycles. The van der Waals surface area contributed by atoms with Crippen molar-refractivity contribution in [1.29, 1.82) is 0 Å². The summed E-state index contributed by atoms with van der Waals surface area (Å²) in [6.45, 7) is 3.61. The molecule has 2 rings (SSSR count).